The van der Waals surface area contributed by atoms with Gasteiger partial charge in [0.25, 0.3) is 5.19 Å². The number of hydrogen-bond donors (Lipinski definition) is 1. The van der Waals surface area contributed by atoms with Gasteiger partial charge in [0.15, 0.2) is 0 Å². The smallest absolute Gasteiger partial charge is 0.294 e. The van der Waals surface area contributed by atoms with E-state index in [2.05, 4.69) is 29.4 Å². The third-order valence-corrected chi connectivity index (χ3v) is 2.91. The first-order valence-electron chi connectivity index (χ1n) is 6.10. The Kier molecular flexibility index (Phi) is 7.87. The summed E-state index contributed by atoms with van der Waals surface area (Å²) in [5.41, 5.74) is 0. The molecule has 1 N–H and O–H groups in total. The predicted octanol–water partition coefficient (Wildman–Crippen LogP) is 1.84. The lowest BCUT2D eigenvalue weighted by Gasteiger charge is -2.02. The SMILES string of the molecule is CCCCOCCOc1nnc(CNCC)s1. The maximum Gasteiger partial charge on any atom is 0.294 e. The zero-order valence-corrected chi connectivity index (χ0v) is 11.4. The van der Waals surface area contributed by atoms with Crippen LogP contribution in [-0.4, -0.2) is 36.6 Å². The van der Waals surface area contributed by atoms with Crippen molar-refractivity contribution >= 4 is 11.3 Å². The second-order valence-corrected chi connectivity index (χ2v) is 4.58. The van der Waals surface area contributed by atoms with Gasteiger partial charge in [-0.05, 0) is 13.0 Å². The van der Waals surface area contributed by atoms with Crippen LogP contribution in [0.5, 0.6) is 5.19 Å². The van der Waals surface area contributed by atoms with Gasteiger partial charge in [-0.25, -0.2) is 0 Å². The molecule has 0 atom stereocenters. The molecule has 0 aromatic carbocycles. The molecule has 0 aliphatic carbocycles. The van der Waals surface area contributed by atoms with Gasteiger partial charge in [-0.15, -0.1) is 10.2 Å². The predicted molar refractivity (Wildman–Crippen MR) is 68.5 cm³/mol. The zero-order chi connectivity index (χ0) is 12.3. The van der Waals surface area contributed by atoms with Gasteiger partial charge in [-0.1, -0.05) is 31.6 Å². The van der Waals surface area contributed by atoms with Gasteiger partial charge in [0.2, 0.25) is 0 Å². The maximum absolute atomic E-state index is 5.44. The molecule has 0 aliphatic heterocycles. The van der Waals surface area contributed by atoms with Crippen LogP contribution >= 0.6 is 11.3 Å². The first-order chi connectivity index (χ1) is 8.36. The Bertz CT molecular complexity index is 294. The molecule has 0 aliphatic rings. The van der Waals surface area contributed by atoms with Crippen LogP contribution in [0.4, 0.5) is 0 Å². The van der Waals surface area contributed by atoms with Gasteiger partial charge in [-0.3, -0.25) is 0 Å². The molecule has 6 heteroatoms. The Labute approximate surface area is 107 Å². The van der Waals surface area contributed by atoms with Crippen LogP contribution in [0.2, 0.25) is 0 Å². The van der Waals surface area contributed by atoms with E-state index >= 15 is 0 Å². The number of ether oxygens (including phenoxy) is 2. The summed E-state index contributed by atoms with van der Waals surface area (Å²) in [5, 5.41) is 12.7. The van der Waals surface area contributed by atoms with E-state index in [0.717, 1.165) is 37.5 Å². The normalized spacial score (nSPS) is 10.7. The monoisotopic (exact) mass is 259 g/mol. The number of hydrogen-bond acceptors (Lipinski definition) is 6. The van der Waals surface area contributed by atoms with E-state index in [1.54, 1.807) is 0 Å². The Morgan fingerprint density at radius 2 is 2.06 bits per heavy atom. The number of nitrogens with one attached hydrogen (secondary N) is 1. The van der Waals surface area contributed by atoms with Crippen LogP contribution in [0.3, 0.4) is 0 Å². The van der Waals surface area contributed by atoms with E-state index in [1.165, 1.54) is 11.3 Å². The van der Waals surface area contributed by atoms with Gasteiger partial charge >= 0.3 is 0 Å². The van der Waals surface area contributed by atoms with Gasteiger partial charge in [0, 0.05) is 13.2 Å². The molecule has 0 unspecified atom stereocenters. The molecular weight excluding hydrogens is 238 g/mol. The summed E-state index contributed by atoms with van der Waals surface area (Å²) in [6.45, 7) is 7.86. The fourth-order valence-electron chi connectivity index (χ4n) is 1.14. The van der Waals surface area contributed by atoms with Crippen molar-refractivity contribution in [3.63, 3.8) is 0 Å². The van der Waals surface area contributed by atoms with E-state index in [4.69, 9.17) is 9.47 Å². The van der Waals surface area contributed by atoms with Crippen LogP contribution in [0.15, 0.2) is 0 Å². The third-order valence-electron chi connectivity index (χ3n) is 2.07. The molecule has 1 rings (SSSR count). The molecule has 0 spiro atoms. The largest absolute Gasteiger partial charge is 0.466 e. The summed E-state index contributed by atoms with van der Waals surface area (Å²) < 4.78 is 10.8. The lowest BCUT2D eigenvalue weighted by Crippen LogP contribution is -2.11. The number of nitrogens with zero attached hydrogens (tertiary/aromatic N) is 2. The van der Waals surface area contributed by atoms with E-state index in [1.807, 2.05) is 0 Å². The Morgan fingerprint density at radius 1 is 1.18 bits per heavy atom. The fraction of sp³-hybridized carbons (Fsp3) is 0.818. The van der Waals surface area contributed by atoms with E-state index in [9.17, 15) is 0 Å². The van der Waals surface area contributed by atoms with Crippen molar-refractivity contribution in [2.24, 2.45) is 0 Å². The van der Waals surface area contributed by atoms with Crippen molar-refractivity contribution < 1.29 is 9.47 Å². The fourth-order valence-corrected chi connectivity index (χ4v) is 1.82. The summed E-state index contributed by atoms with van der Waals surface area (Å²) in [6, 6.07) is 0. The van der Waals surface area contributed by atoms with Gasteiger partial charge < -0.3 is 14.8 Å². The van der Waals surface area contributed by atoms with E-state index in [-0.39, 0.29) is 0 Å². The third kappa shape index (κ3) is 6.55. The Morgan fingerprint density at radius 3 is 2.82 bits per heavy atom. The number of unbranched alkanes of at least 4 members (excludes halogenated alkanes) is 1. The topological polar surface area (TPSA) is 56.3 Å². The molecule has 1 heterocycles. The molecule has 5 nitrogen and oxygen atoms in total. The first-order valence-corrected chi connectivity index (χ1v) is 6.92. The minimum Gasteiger partial charge on any atom is -0.466 e. The Balaban J connectivity index is 2.08. The molecule has 0 amide bonds. The average Bonchev–Trinajstić information content (AvgIpc) is 2.79. The number of rotatable bonds is 10. The molecule has 0 saturated heterocycles. The lowest BCUT2D eigenvalue weighted by molar-refractivity contribution is 0.0977. The van der Waals surface area contributed by atoms with Crippen molar-refractivity contribution in [1.29, 1.82) is 0 Å². The molecule has 1 aromatic heterocycles. The van der Waals surface area contributed by atoms with Crippen molar-refractivity contribution in [3.05, 3.63) is 5.01 Å². The van der Waals surface area contributed by atoms with E-state index in [0.29, 0.717) is 18.4 Å². The highest BCUT2D eigenvalue weighted by Crippen LogP contribution is 2.17. The highest BCUT2D eigenvalue weighted by Gasteiger charge is 2.03. The van der Waals surface area contributed by atoms with Crippen LogP contribution in [0.1, 0.15) is 31.7 Å². The van der Waals surface area contributed by atoms with Crippen molar-refractivity contribution in [3.8, 4) is 5.19 Å². The quantitative estimate of drug-likeness (QED) is 0.650. The molecule has 1 aromatic rings. The van der Waals surface area contributed by atoms with Crippen molar-refractivity contribution in [2.45, 2.75) is 33.2 Å². The molecule has 0 fully saturated rings. The lowest BCUT2D eigenvalue weighted by atomic mass is 10.4. The van der Waals surface area contributed by atoms with Crippen LogP contribution in [0.25, 0.3) is 0 Å². The van der Waals surface area contributed by atoms with Gasteiger partial charge in [-0.2, -0.15) is 0 Å². The van der Waals surface area contributed by atoms with Crippen molar-refractivity contribution in [2.75, 3.05) is 26.4 Å². The maximum atomic E-state index is 5.44. The van der Waals surface area contributed by atoms with Crippen LogP contribution in [0, 0.1) is 0 Å². The van der Waals surface area contributed by atoms with Crippen LogP contribution < -0.4 is 10.1 Å². The molecule has 0 saturated carbocycles. The summed E-state index contributed by atoms with van der Waals surface area (Å²) in [4.78, 5) is 0. The van der Waals surface area contributed by atoms with Crippen molar-refractivity contribution in [1.82, 2.24) is 15.5 Å². The zero-order valence-electron chi connectivity index (χ0n) is 10.6. The van der Waals surface area contributed by atoms with Gasteiger partial charge in [0.05, 0.1) is 6.61 Å². The van der Waals surface area contributed by atoms with Gasteiger partial charge in [0.1, 0.15) is 11.6 Å². The molecule has 0 radical (unpaired) electrons. The minimum atomic E-state index is 0.541. The average molecular weight is 259 g/mol. The molecule has 0 bridgehead atoms. The number of aromatic nitrogens is 2. The highest BCUT2D eigenvalue weighted by molar-refractivity contribution is 7.13. The second kappa shape index (κ2) is 9.32. The molecule has 98 valence electrons. The molecular formula is C11H21N3O2S. The first kappa shape index (κ1) is 14.3. The molecule has 17 heavy (non-hydrogen) atoms. The summed E-state index contributed by atoms with van der Waals surface area (Å²) in [7, 11) is 0. The highest BCUT2D eigenvalue weighted by atomic mass is 32.1. The summed E-state index contributed by atoms with van der Waals surface area (Å²) >= 11 is 1.48. The summed E-state index contributed by atoms with van der Waals surface area (Å²) in [5.74, 6) is 0. The standard InChI is InChI=1S/C11H21N3O2S/c1-3-5-6-15-7-8-16-11-14-13-10(17-11)9-12-4-2/h12H,3-9H2,1-2H3. The summed E-state index contributed by atoms with van der Waals surface area (Å²) in [6.07, 6.45) is 2.26. The minimum absolute atomic E-state index is 0.541. The Hall–Kier alpha value is -0.720. The van der Waals surface area contributed by atoms with Crippen LogP contribution in [-0.2, 0) is 11.3 Å². The van der Waals surface area contributed by atoms with E-state index < -0.39 is 0 Å². The second-order valence-electron chi connectivity index (χ2n) is 3.56.